The molecule has 1 aromatic heterocycles. The van der Waals surface area contributed by atoms with E-state index in [1.807, 2.05) is 11.3 Å². The maximum atomic E-state index is 11.2. The van der Waals surface area contributed by atoms with Crippen LogP contribution >= 0.6 is 11.3 Å². The van der Waals surface area contributed by atoms with Gasteiger partial charge in [-0.1, -0.05) is 18.9 Å². The lowest BCUT2D eigenvalue weighted by molar-refractivity contribution is -0.122. The topological polar surface area (TPSA) is 41.1 Å². The van der Waals surface area contributed by atoms with Crippen molar-refractivity contribution in [2.75, 3.05) is 6.54 Å². The second-order valence-electron chi connectivity index (χ2n) is 5.74. The number of hydrogen-bond donors (Lipinski definition) is 2. The molecule has 104 valence electrons. The van der Waals surface area contributed by atoms with Crippen LogP contribution in [0.1, 0.15) is 49.4 Å². The van der Waals surface area contributed by atoms with Crippen LogP contribution < -0.4 is 10.6 Å². The Hall–Kier alpha value is -0.870. The van der Waals surface area contributed by atoms with Crippen LogP contribution in [0.15, 0.2) is 17.5 Å². The Labute approximate surface area is 118 Å². The zero-order valence-electron chi connectivity index (χ0n) is 11.2. The molecule has 0 aromatic carbocycles. The SMILES string of the molecule is O=C1CCC(NC(c2cccs2)C2CCCC2)CN1. The van der Waals surface area contributed by atoms with Gasteiger partial charge in [-0.25, -0.2) is 0 Å². The van der Waals surface area contributed by atoms with Crippen molar-refractivity contribution in [3.8, 4) is 0 Å². The fourth-order valence-electron chi connectivity index (χ4n) is 3.34. The van der Waals surface area contributed by atoms with Crippen LogP contribution in [-0.2, 0) is 4.79 Å². The highest BCUT2D eigenvalue weighted by atomic mass is 32.1. The summed E-state index contributed by atoms with van der Waals surface area (Å²) in [5.41, 5.74) is 0. The van der Waals surface area contributed by atoms with Gasteiger partial charge in [-0.05, 0) is 36.6 Å². The van der Waals surface area contributed by atoms with Crippen LogP contribution in [0.25, 0.3) is 0 Å². The van der Waals surface area contributed by atoms with Gasteiger partial charge in [0, 0.05) is 29.9 Å². The van der Waals surface area contributed by atoms with E-state index in [2.05, 4.69) is 28.1 Å². The molecule has 2 aliphatic rings. The largest absolute Gasteiger partial charge is 0.355 e. The maximum Gasteiger partial charge on any atom is 0.220 e. The van der Waals surface area contributed by atoms with Gasteiger partial charge in [-0.2, -0.15) is 0 Å². The zero-order valence-corrected chi connectivity index (χ0v) is 12.0. The Morgan fingerprint density at radius 3 is 2.79 bits per heavy atom. The molecule has 2 N–H and O–H groups in total. The summed E-state index contributed by atoms with van der Waals surface area (Å²) in [5.74, 6) is 0.975. The number of carbonyl (C=O) groups is 1. The number of thiophene rings is 1. The Morgan fingerprint density at radius 2 is 2.16 bits per heavy atom. The molecular weight excluding hydrogens is 256 g/mol. The Balaban J connectivity index is 1.67. The monoisotopic (exact) mass is 278 g/mol. The van der Waals surface area contributed by atoms with Gasteiger partial charge in [0.05, 0.1) is 0 Å². The summed E-state index contributed by atoms with van der Waals surface area (Å²) in [5, 5.41) is 8.96. The van der Waals surface area contributed by atoms with E-state index >= 15 is 0 Å². The van der Waals surface area contributed by atoms with Crippen LogP contribution in [-0.4, -0.2) is 18.5 Å². The van der Waals surface area contributed by atoms with E-state index in [9.17, 15) is 4.79 Å². The number of rotatable bonds is 4. The minimum absolute atomic E-state index is 0.201. The molecular formula is C15H22N2OS. The first kappa shape index (κ1) is 13.1. The summed E-state index contributed by atoms with van der Waals surface area (Å²) < 4.78 is 0. The van der Waals surface area contributed by atoms with Gasteiger partial charge in [-0.3, -0.25) is 4.79 Å². The summed E-state index contributed by atoms with van der Waals surface area (Å²) in [7, 11) is 0. The van der Waals surface area contributed by atoms with Crippen LogP contribution in [0.4, 0.5) is 0 Å². The summed E-state index contributed by atoms with van der Waals surface area (Å²) in [6, 6.07) is 5.32. The normalized spacial score (nSPS) is 26.3. The van der Waals surface area contributed by atoms with Crippen molar-refractivity contribution in [3.63, 3.8) is 0 Å². The van der Waals surface area contributed by atoms with Crippen molar-refractivity contribution in [2.24, 2.45) is 5.92 Å². The van der Waals surface area contributed by atoms with Crippen molar-refractivity contribution < 1.29 is 4.79 Å². The van der Waals surface area contributed by atoms with Gasteiger partial charge >= 0.3 is 0 Å². The maximum absolute atomic E-state index is 11.2. The lowest BCUT2D eigenvalue weighted by Crippen LogP contribution is -2.47. The van der Waals surface area contributed by atoms with Crippen LogP contribution in [0, 0.1) is 5.92 Å². The quantitative estimate of drug-likeness (QED) is 0.889. The molecule has 19 heavy (non-hydrogen) atoms. The second-order valence-corrected chi connectivity index (χ2v) is 6.72. The molecule has 2 unspecified atom stereocenters. The number of hydrogen-bond acceptors (Lipinski definition) is 3. The van der Waals surface area contributed by atoms with E-state index in [0.717, 1.165) is 18.9 Å². The number of amides is 1. The first-order valence-corrected chi connectivity index (χ1v) is 8.27. The minimum Gasteiger partial charge on any atom is -0.355 e. The molecule has 2 heterocycles. The molecule has 1 amide bonds. The van der Waals surface area contributed by atoms with Gasteiger partial charge in [0.15, 0.2) is 0 Å². The van der Waals surface area contributed by atoms with Gasteiger partial charge in [0.25, 0.3) is 0 Å². The van der Waals surface area contributed by atoms with Gasteiger partial charge < -0.3 is 10.6 Å². The molecule has 3 rings (SSSR count). The van der Waals surface area contributed by atoms with E-state index in [1.54, 1.807) is 0 Å². The van der Waals surface area contributed by atoms with Crippen molar-refractivity contribution >= 4 is 17.2 Å². The highest BCUT2D eigenvalue weighted by Crippen LogP contribution is 2.37. The predicted molar refractivity (Wildman–Crippen MR) is 78.2 cm³/mol. The molecule has 0 spiro atoms. The third-order valence-corrected chi connectivity index (χ3v) is 5.36. The van der Waals surface area contributed by atoms with E-state index < -0.39 is 0 Å². The smallest absolute Gasteiger partial charge is 0.220 e. The molecule has 0 radical (unpaired) electrons. The van der Waals surface area contributed by atoms with E-state index in [-0.39, 0.29) is 5.91 Å². The van der Waals surface area contributed by atoms with Crippen LogP contribution in [0.3, 0.4) is 0 Å². The molecule has 1 aliphatic heterocycles. The second kappa shape index (κ2) is 6.06. The summed E-state index contributed by atoms with van der Waals surface area (Å²) in [6.45, 7) is 0.785. The molecule has 1 aromatic rings. The van der Waals surface area contributed by atoms with Crippen molar-refractivity contribution in [1.29, 1.82) is 0 Å². The van der Waals surface area contributed by atoms with Crippen molar-refractivity contribution in [2.45, 2.75) is 50.6 Å². The average molecular weight is 278 g/mol. The number of nitrogens with one attached hydrogen (secondary N) is 2. The Bertz CT molecular complexity index is 402. The first-order valence-electron chi connectivity index (χ1n) is 7.39. The van der Waals surface area contributed by atoms with Crippen molar-refractivity contribution in [3.05, 3.63) is 22.4 Å². The number of piperidine rings is 1. The molecule has 1 saturated heterocycles. The minimum atomic E-state index is 0.201. The molecule has 4 heteroatoms. The summed E-state index contributed by atoms with van der Waals surface area (Å²) in [4.78, 5) is 12.7. The predicted octanol–water partition coefficient (Wildman–Crippen LogP) is 2.85. The molecule has 0 bridgehead atoms. The van der Waals surface area contributed by atoms with Gasteiger partial charge in [-0.15, -0.1) is 11.3 Å². The lowest BCUT2D eigenvalue weighted by Gasteiger charge is -2.31. The zero-order chi connectivity index (χ0) is 13.1. The van der Waals surface area contributed by atoms with E-state index in [1.165, 1.54) is 30.6 Å². The Morgan fingerprint density at radius 1 is 1.32 bits per heavy atom. The first-order chi connectivity index (χ1) is 9.33. The third kappa shape index (κ3) is 3.18. The van der Waals surface area contributed by atoms with E-state index in [0.29, 0.717) is 18.5 Å². The fraction of sp³-hybridized carbons (Fsp3) is 0.667. The fourth-order valence-corrected chi connectivity index (χ4v) is 4.22. The standard InChI is InChI=1S/C15H22N2OS/c18-14-8-7-12(10-16-14)17-15(11-4-1-2-5-11)13-6-3-9-19-13/h3,6,9,11-12,15,17H,1-2,4-5,7-8,10H2,(H,16,18). The summed E-state index contributed by atoms with van der Waals surface area (Å²) >= 11 is 1.86. The van der Waals surface area contributed by atoms with Gasteiger partial charge in [0.1, 0.15) is 0 Å². The average Bonchev–Trinajstić information content (AvgIpc) is 3.11. The van der Waals surface area contributed by atoms with Gasteiger partial charge in [0.2, 0.25) is 5.91 Å². The molecule has 2 atom stereocenters. The van der Waals surface area contributed by atoms with Crippen LogP contribution in [0.2, 0.25) is 0 Å². The Kier molecular flexibility index (Phi) is 4.18. The van der Waals surface area contributed by atoms with Crippen molar-refractivity contribution in [1.82, 2.24) is 10.6 Å². The lowest BCUT2D eigenvalue weighted by atomic mass is 9.94. The molecule has 2 fully saturated rings. The molecule has 1 saturated carbocycles. The van der Waals surface area contributed by atoms with E-state index in [4.69, 9.17) is 0 Å². The number of carbonyl (C=O) groups excluding carboxylic acids is 1. The molecule has 3 nitrogen and oxygen atoms in total. The summed E-state index contributed by atoms with van der Waals surface area (Å²) in [6.07, 6.45) is 7.06. The highest BCUT2D eigenvalue weighted by Gasteiger charge is 2.30. The molecule has 1 aliphatic carbocycles. The van der Waals surface area contributed by atoms with Crippen LogP contribution in [0.5, 0.6) is 0 Å². The third-order valence-electron chi connectivity index (χ3n) is 4.40. The highest BCUT2D eigenvalue weighted by molar-refractivity contribution is 7.10.